The van der Waals surface area contributed by atoms with Crippen LogP contribution in [-0.2, 0) is 6.54 Å². The molecule has 4 aromatic rings. The number of Topliss-reactive ketones (excluding diaryl/α,β-unsaturated/α-hetero) is 1. The van der Waals surface area contributed by atoms with E-state index in [1.807, 2.05) is 53.4 Å². The quantitative estimate of drug-likeness (QED) is 0.203. The van der Waals surface area contributed by atoms with Crippen molar-refractivity contribution in [2.24, 2.45) is 0 Å². The van der Waals surface area contributed by atoms with Gasteiger partial charge in [0.1, 0.15) is 0 Å². The maximum atomic E-state index is 13.6. The fourth-order valence-corrected chi connectivity index (χ4v) is 5.36. The van der Waals surface area contributed by atoms with E-state index < -0.39 is 0 Å². The van der Waals surface area contributed by atoms with Crippen LogP contribution in [0.2, 0.25) is 0 Å². The number of nitrogens with zero attached hydrogens (tertiary/aromatic N) is 3. The van der Waals surface area contributed by atoms with Gasteiger partial charge in [-0.3, -0.25) is 19.0 Å². The lowest BCUT2D eigenvalue weighted by atomic mass is 10.1. The van der Waals surface area contributed by atoms with E-state index in [1.54, 1.807) is 34.9 Å². The zero-order valence-electron chi connectivity index (χ0n) is 19.9. The molecule has 5 rings (SSSR count). The molecule has 0 unspecified atom stereocenters. The summed E-state index contributed by atoms with van der Waals surface area (Å²) in [6.45, 7) is 1.86. The van der Waals surface area contributed by atoms with Crippen molar-refractivity contribution in [3.63, 3.8) is 0 Å². The Balaban J connectivity index is 1.51. The molecule has 1 amide bonds. The molecule has 0 spiro atoms. The molecule has 1 saturated heterocycles. The van der Waals surface area contributed by atoms with Crippen LogP contribution < -0.4 is 5.56 Å². The Morgan fingerprint density at radius 1 is 0.833 bits per heavy atom. The molecule has 1 aliphatic rings. The summed E-state index contributed by atoms with van der Waals surface area (Å²) in [7, 11) is 0. The highest BCUT2D eigenvalue weighted by molar-refractivity contribution is 7.99. The second-order valence-corrected chi connectivity index (χ2v) is 9.88. The van der Waals surface area contributed by atoms with Crippen LogP contribution in [0.5, 0.6) is 0 Å². The smallest absolute Gasteiger partial charge is 0.262 e. The molecular weight excluding hydrogens is 470 g/mol. The SMILES string of the molecule is O=C(CSc1nc2cc(C(=O)N3CCCCC3)ccc2c(=O)n1Cc1ccccc1)c1ccccc1. The van der Waals surface area contributed by atoms with Crippen molar-refractivity contribution in [2.45, 2.75) is 31.0 Å². The Morgan fingerprint density at radius 2 is 1.53 bits per heavy atom. The Morgan fingerprint density at radius 3 is 2.25 bits per heavy atom. The number of thioether (sulfide) groups is 1. The van der Waals surface area contributed by atoms with Gasteiger partial charge in [0.15, 0.2) is 10.9 Å². The van der Waals surface area contributed by atoms with Crippen molar-refractivity contribution in [2.75, 3.05) is 18.8 Å². The molecule has 1 fully saturated rings. The average Bonchev–Trinajstić information content (AvgIpc) is 2.94. The number of likely N-dealkylation sites (tertiary alicyclic amines) is 1. The fourth-order valence-electron chi connectivity index (χ4n) is 4.47. The summed E-state index contributed by atoms with van der Waals surface area (Å²) in [5.74, 6) is 0.0962. The zero-order chi connectivity index (χ0) is 24.9. The summed E-state index contributed by atoms with van der Waals surface area (Å²) in [6, 6.07) is 23.9. The van der Waals surface area contributed by atoms with E-state index in [0.717, 1.165) is 37.9 Å². The van der Waals surface area contributed by atoms with Crippen LogP contribution in [-0.4, -0.2) is 45.0 Å². The molecule has 2 heterocycles. The van der Waals surface area contributed by atoms with Crippen LogP contribution in [0.1, 0.15) is 45.5 Å². The number of amides is 1. The molecule has 1 aliphatic heterocycles. The van der Waals surface area contributed by atoms with Crippen LogP contribution in [0.25, 0.3) is 10.9 Å². The summed E-state index contributed by atoms with van der Waals surface area (Å²) in [4.78, 5) is 46.1. The summed E-state index contributed by atoms with van der Waals surface area (Å²) in [5, 5.41) is 0.920. The van der Waals surface area contributed by atoms with Crippen molar-refractivity contribution in [3.8, 4) is 0 Å². The predicted octanol–water partition coefficient (Wildman–Crippen LogP) is 5.05. The molecule has 6 nitrogen and oxygen atoms in total. The Hall–Kier alpha value is -3.71. The van der Waals surface area contributed by atoms with Gasteiger partial charge in [0.2, 0.25) is 0 Å². The fraction of sp³-hybridized carbons (Fsp3) is 0.241. The van der Waals surface area contributed by atoms with Crippen molar-refractivity contribution >= 4 is 34.4 Å². The molecule has 3 aromatic carbocycles. The van der Waals surface area contributed by atoms with Gasteiger partial charge in [-0.05, 0) is 43.0 Å². The minimum atomic E-state index is -0.185. The minimum Gasteiger partial charge on any atom is -0.339 e. The number of carbonyl (C=O) groups is 2. The van der Waals surface area contributed by atoms with E-state index in [4.69, 9.17) is 4.98 Å². The molecule has 7 heteroatoms. The molecule has 0 saturated carbocycles. The lowest BCUT2D eigenvalue weighted by Gasteiger charge is -2.26. The summed E-state index contributed by atoms with van der Waals surface area (Å²) >= 11 is 1.25. The largest absolute Gasteiger partial charge is 0.339 e. The van der Waals surface area contributed by atoms with E-state index in [1.165, 1.54) is 11.8 Å². The number of hydrogen-bond acceptors (Lipinski definition) is 5. The van der Waals surface area contributed by atoms with Crippen molar-refractivity contribution in [1.29, 1.82) is 0 Å². The number of fused-ring (bicyclic) bond motifs is 1. The van der Waals surface area contributed by atoms with Gasteiger partial charge >= 0.3 is 0 Å². The first kappa shape index (κ1) is 24.0. The molecular formula is C29H27N3O3S. The molecule has 0 radical (unpaired) electrons. The first-order chi connectivity index (χ1) is 17.6. The lowest BCUT2D eigenvalue weighted by molar-refractivity contribution is 0.0724. The highest BCUT2D eigenvalue weighted by Crippen LogP contribution is 2.22. The number of ketones is 1. The molecule has 0 aliphatic carbocycles. The summed E-state index contributed by atoms with van der Waals surface area (Å²) < 4.78 is 1.62. The highest BCUT2D eigenvalue weighted by Gasteiger charge is 2.20. The Kier molecular flexibility index (Phi) is 7.28. The second-order valence-electron chi connectivity index (χ2n) is 8.93. The monoisotopic (exact) mass is 497 g/mol. The van der Waals surface area contributed by atoms with Gasteiger partial charge in [-0.25, -0.2) is 4.98 Å². The number of hydrogen-bond donors (Lipinski definition) is 0. The van der Waals surface area contributed by atoms with Gasteiger partial charge in [0.25, 0.3) is 11.5 Å². The number of rotatable bonds is 7. The Bertz CT molecular complexity index is 1450. The minimum absolute atomic E-state index is 0.0275. The third kappa shape index (κ3) is 5.26. The van der Waals surface area contributed by atoms with Crippen LogP contribution in [0, 0.1) is 0 Å². The molecule has 36 heavy (non-hydrogen) atoms. The van der Waals surface area contributed by atoms with E-state index in [-0.39, 0.29) is 23.0 Å². The highest BCUT2D eigenvalue weighted by atomic mass is 32.2. The van der Waals surface area contributed by atoms with Crippen LogP contribution in [0.15, 0.2) is 88.8 Å². The van der Waals surface area contributed by atoms with Crippen LogP contribution >= 0.6 is 11.8 Å². The molecule has 1 aromatic heterocycles. The number of piperidine rings is 1. The maximum Gasteiger partial charge on any atom is 0.262 e. The van der Waals surface area contributed by atoms with E-state index in [0.29, 0.717) is 33.7 Å². The second kappa shape index (κ2) is 10.9. The van der Waals surface area contributed by atoms with Gasteiger partial charge in [0.05, 0.1) is 23.2 Å². The number of benzene rings is 3. The number of carbonyl (C=O) groups excluding carboxylic acids is 2. The molecule has 0 bridgehead atoms. The van der Waals surface area contributed by atoms with Gasteiger partial charge in [-0.1, -0.05) is 72.4 Å². The van der Waals surface area contributed by atoms with Gasteiger partial charge in [0, 0.05) is 24.2 Å². The average molecular weight is 498 g/mol. The lowest BCUT2D eigenvalue weighted by Crippen LogP contribution is -2.35. The van der Waals surface area contributed by atoms with Crippen LogP contribution in [0.3, 0.4) is 0 Å². The van der Waals surface area contributed by atoms with Crippen molar-refractivity contribution < 1.29 is 9.59 Å². The normalized spacial score (nSPS) is 13.6. The molecule has 0 N–H and O–H groups in total. The summed E-state index contributed by atoms with van der Waals surface area (Å²) in [6.07, 6.45) is 3.17. The van der Waals surface area contributed by atoms with Crippen LogP contribution in [0.4, 0.5) is 0 Å². The van der Waals surface area contributed by atoms with Crippen molar-refractivity contribution in [1.82, 2.24) is 14.5 Å². The Labute approximate surface area is 214 Å². The summed E-state index contributed by atoms with van der Waals surface area (Å²) in [5.41, 5.74) is 2.41. The first-order valence-corrected chi connectivity index (χ1v) is 13.2. The third-order valence-corrected chi connectivity index (χ3v) is 7.40. The van der Waals surface area contributed by atoms with E-state index in [9.17, 15) is 14.4 Å². The zero-order valence-corrected chi connectivity index (χ0v) is 20.7. The number of aromatic nitrogens is 2. The standard InChI is InChI=1S/C29H27N3O3S/c33-26(22-12-6-2-7-13-22)20-36-29-30-25-18-23(27(34)31-16-8-3-9-17-31)14-15-24(25)28(35)32(29)19-21-10-4-1-5-11-21/h1-2,4-7,10-15,18H,3,8-9,16-17,19-20H2. The molecule has 182 valence electrons. The van der Waals surface area contributed by atoms with Gasteiger partial charge < -0.3 is 4.90 Å². The van der Waals surface area contributed by atoms with Crippen molar-refractivity contribution in [3.05, 3.63) is 106 Å². The van der Waals surface area contributed by atoms with Gasteiger partial charge in [-0.2, -0.15) is 0 Å². The van der Waals surface area contributed by atoms with E-state index in [2.05, 4.69) is 0 Å². The third-order valence-electron chi connectivity index (χ3n) is 6.42. The van der Waals surface area contributed by atoms with E-state index >= 15 is 0 Å². The topological polar surface area (TPSA) is 72.3 Å². The molecule has 0 atom stereocenters. The first-order valence-electron chi connectivity index (χ1n) is 12.2. The maximum absolute atomic E-state index is 13.6. The predicted molar refractivity (Wildman–Crippen MR) is 143 cm³/mol. The van der Waals surface area contributed by atoms with Gasteiger partial charge in [-0.15, -0.1) is 0 Å².